The summed E-state index contributed by atoms with van der Waals surface area (Å²) in [4.78, 5) is 23.0. The van der Waals surface area contributed by atoms with E-state index in [4.69, 9.17) is 5.11 Å². The molecule has 0 aromatic carbocycles. The molecule has 1 aliphatic rings. The molecule has 0 spiro atoms. The molecule has 8 heteroatoms. The molecule has 1 rings (SSSR count). The van der Waals surface area contributed by atoms with Crippen LogP contribution in [0.4, 0.5) is 0 Å². The zero-order valence-electron chi connectivity index (χ0n) is 9.62. The Morgan fingerprint density at radius 1 is 1.56 bits per heavy atom. The molecule has 102 valence electrons. The second-order valence-corrected chi connectivity index (χ2v) is 8.88. The van der Waals surface area contributed by atoms with Crippen LogP contribution in [0.15, 0.2) is 9.89 Å². The first-order chi connectivity index (χ1) is 8.20. The molecule has 1 aliphatic heterocycles. The predicted octanol–water partition coefficient (Wildman–Crippen LogP) is 3.05. The molecule has 18 heavy (non-hydrogen) atoms. The molecule has 0 fully saturated rings. The van der Waals surface area contributed by atoms with Gasteiger partial charge in [-0.1, -0.05) is 61.6 Å². The van der Waals surface area contributed by atoms with Gasteiger partial charge in [0.1, 0.15) is 6.04 Å². The van der Waals surface area contributed by atoms with Crippen molar-refractivity contribution in [2.75, 3.05) is 0 Å². The third-order valence-corrected chi connectivity index (χ3v) is 8.66. The fourth-order valence-corrected chi connectivity index (χ4v) is 4.76. The van der Waals surface area contributed by atoms with Gasteiger partial charge in [0.05, 0.1) is 4.83 Å². The van der Waals surface area contributed by atoms with E-state index in [2.05, 4.69) is 53.1 Å². The van der Waals surface area contributed by atoms with E-state index in [1.54, 1.807) is 19.3 Å². The molecule has 0 aromatic rings. The smallest absolute Gasteiger partial charge is 0.326 e. The Morgan fingerprint density at radius 3 is 2.44 bits per heavy atom. The van der Waals surface area contributed by atoms with Crippen LogP contribution in [-0.2, 0) is 9.59 Å². The van der Waals surface area contributed by atoms with E-state index in [1.807, 2.05) is 0 Å². The molecule has 0 aromatic heterocycles. The van der Waals surface area contributed by atoms with Crippen LogP contribution in [0.2, 0.25) is 0 Å². The van der Waals surface area contributed by atoms with Crippen LogP contribution in [0.25, 0.3) is 0 Å². The Morgan fingerprint density at radius 2 is 2.11 bits per heavy atom. The molecule has 2 N–H and O–H groups in total. The highest BCUT2D eigenvalue weighted by Crippen LogP contribution is 2.51. The number of carboxylic acid groups (broad SMARTS) is 1. The summed E-state index contributed by atoms with van der Waals surface area (Å²) < 4.78 is -0.0787. The number of thioether (sulfide) groups is 1. The van der Waals surface area contributed by atoms with Gasteiger partial charge in [-0.05, 0) is 11.3 Å². The summed E-state index contributed by atoms with van der Waals surface area (Å²) in [5.74, 6) is -1.57. The molecule has 0 radical (unpaired) electrons. The first-order valence-corrected chi connectivity index (χ1v) is 8.48. The maximum atomic E-state index is 12.2. The minimum Gasteiger partial charge on any atom is -0.480 e. The number of allylic oxidation sites excluding steroid dienone is 1. The second-order valence-electron chi connectivity index (χ2n) is 4.16. The van der Waals surface area contributed by atoms with Crippen LogP contribution < -0.4 is 5.32 Å². The van der Waals surface area contributed by atoms with Gasteiger partial charge in [0.15, 0.2) is 3.66 Å². The Labute approximate surface area is 135 Å². The monoisotopic (exact) mass is 463 g/mol. The summed E-state index contributed by atoms with van der Waals surface area (Å²) in [6, 6.07) is -0.897. The molecule has 1 amide bonds. The van der Waals surface area contributed by atoms with E-state index in [-0.39, 0.29) is 16.7 Å². The van der Waals surface area contributed by atoms with Crippen LogP contribution in [0.3, 0.4) is 0 Å². The number of aliphatic carboxylic acids is 1. The van der Waals surface area contributed by atoms with Crippen molar-refractivity contribution in [3.63, 3.8) is 0 Å². The van der Waals surface area contributed by atoms with Crippen molar-refractivity contribution in [1.29, 1.82) is 0 Å². The molecular weight excluding hydrogens is 454 g/mol. The quantitative estimate of drug-likeness (QED) is 0.626. The number of carbonyl (C=O) groups is 2. The number of halogens is 3. The van der Waals surface area contributed by atoms with Crippen molar-refractivity contribution in [3.05, 3.63) is 9.89 Å². The topological polar surface area (TPSA) is 66.4 Å². The van der Waals surface area contributed by atoms with Gasteiger partial charge in [0.25, 0.3) is 0 Å². The highest BCUT2D eigenvalue weighted by molar-refractivity contribution is 9.16. The molecule has 0 aliphatic carbocycles. The zero-order valence-corrected chi connectivity index (χ0v) is 15.2. The minimum atomic E-state index is -1.03. The summed E-state index contributed by atoms with van der Waals surface area (Å²) in [6.45, 7) is 3.50. The van der Waals surface area contributed by atoms with E-state index < -0.39 is 15.7 Å². The van der Waals surface area contributed by atoms with E-state index in [1.165, 1.54) is 11.8 Å². The van der Waals surface area contributed by atoms with Crippen LogP contribution in [0, 0.1) is 5.92 Å². The molecule has 4 nitrogen and oxygen atoms in total. The molecule has 3 atom stereocenters. The normalized spacial score (nSPS) is 29.0. The van der Waals surface area contributed by atoms with Crippen molar-refractivity contribution in [1.82, 2.24) is 5.32 Å². The lowest BCUT2D eigenvalue weighted by atomic mass is 10.0. The molecule has 0 saturated heterocycles. The van der Waals surface area contributed by atoms with Gasteiger partial charge in [-0.15, -0.1) is 11.8 Å². The van der Waals surface area contributed by atoms with Crippen molar-refractivity contribution in [2.45, 2.75) is 28.4 Å². The second kappa shape index (κ2) is 6.28. The van der Waals surface area contributed by atoms with Gasteiger partial charge in [-0.2, -0.15) is 0 Å². The third kappa shape index (κ3) is 3.32. The van der Waals surface area contributed by atoms with Crippen molar-refractivity contribution in [2.24, 2.45) is 5.92 Å². The summed E-state index contributed by atoms with van der Waals surface area (Å²) in [5, 5.41) is 13.4. The van der Waals surface area contributed by atoms with Gasteiger partial charge >= 0.3 is 5.97 Å². The molecule has 0 saturated carbocycles. The number of hydrogen-bond acceptors (Lipinski definition) is 3. The Kier molecular flexibility index (Phi) is 5.77. The van der Waals surface area contributed by atoms with Crippen molar-refractivity contribution >= 4 is 71.4 Å². The standard InChI is InChI=1S/C10H12Br3NO3S/c1-4(2)6(8(15)16)14-9(17)10(13)7(12)5(11)3-18-10/h3-4,6-7H,1-2H3,(H,14,17)(H,15,16)/t6-,7?,10?/m0/s1. The average Bonchev–Trinajstić information content (AvgIpc) is 2.54. The highest BCUT2D eigenvalue weighted by Gasteiger charge is 2.48. The summed E-state index contributed by atoms with van der Waals surface area (Å²) in [7, 11) is 0. The Bertz CT molecular complexity index is 402. The summed E-state index contributed by atoms with van der Waals surface area (Å²) in [5.41, 5.74) is 0. The summed E-state index contributed by atoms with van der Waals surface area (Å²) >= 11 is 11.4. The Balaban J connectivity index is 2.80. The van der Waals surface area contributed by atoms with Crippen LogP contribution in [-0.4, -0.2) is 31.5 Å². The van der Waals surface area contributed by atoms with Crippen LogP contribution in [0.5, 0.6) is 0 Å². The lowest BCUT2D eigenvalue weighted by Crippen LogP contribution is -2.52. The average molecular weight is 466 g/mol. The lowest BCUT2D eigenvalue weighted by molar-refractivity contribution is -0.143. The lowest BCUT2D eigenvalue weighted by Gasteiger charge is -2.27. The maximum Gasteiger partial charge on any atom is 0.326 e. The van der Waals surface area contributed by atoms with Gasteiger partial charge in [-0.25, -0.2) is 4.79 Å². The minimum absolute atomic E-state index is 0.181. The first-order valence-electron chi connectivity index (χ1n) is 5.10. The number of alkyl halides is 2. The number of amides is 1. The molecular formula is C10H12Br3NO3S. The molecule has 2 unspecified atom stereocenters. The maximum absolute atomic E-state index is 12.2. The predicted molar refractivity (Wildman–Crippen MR) is 83.4 cm³/mol. The first kappa shape index (κ1) is 16.5. The van der Waals surface area contributed by atoms with E-state index in [0.717, 1.165) is 4.48 Å². The Hall–Kier alpha value is 0.470. The van der Waals surface area contributed by atoms with E-state index >= 15 is 0 Å². The number of carboxylic acids is 1. The largest absolute Gasteiger partial charge is 0.480 e. The summed E-state index contributed by atoms with van der Waals surface area (Å²) in [6.07, 6.45) is 0. The van der Waals surface area contributed by atoms with E-state index in [9.17, 15) is 9.59 Å². The number of nitrogens with one attached hydrogen (secondary N) is 1. The fourth-order valence-electron chi connectivity index (χ4n) is 1.36. The molecule has 0 bridgehead atoms. The van der Waals surface area contributed by atoms with Crippen molar-refractivity contribution in [3.8, 4) is 0 Å². The van der Waals surface area contributed by atoms with Gasteiger partial charge in [0, 0.05) is 4.48 Å². The van der Waals surface area contributed by atoms with Crippen molar-refractivity contribution < 1.29 is 14.7 Å². The van der Waals surface area contributed by atoms with Gasteiger partial charge < -0.3 is 10.4 Å². The third-order valence-electron chi connectivity index (χ3n) is 2.44. The zero-order chi connectivity index (χ0) is 14.1. The molecule has 1 heterocycles. The number of rotatable bonds is 4. The number of hydrogen-bond donors (Lipinski definition) is 2. The number of carbonyl (C=O) groups excluding carboxylic acids is 1. The van der Waals surface area contributed by atoms with Crippen LogP contribution >= 0.6 is 59.6 Å². The van der Waals surface area contributed by atoms with Gasteiger partial charge in [0.2, 0.25) is 5.91 Å². The SMILES string of the molecule is CC(C)[C@H](NC(=O)C1(Br)SC=C(Br)C1Br)C(=O)O. The van der Waals surface area contributed by atoms with Crippen LogP contribution in [0.1, 0.15) is 13.8 Å². The fraction of sp³-hybridized carbons (Fsp3) is 0.600. The van der Waals surface area contributed by atoms with Gasteiger partial charge in [-0.3, -0.25) is 4.79 Å². The highest BCUT2D eigenvalue weighted by atomic mass is 79.9. The van der Waals surface area contributed by atoms with E-state index in [0.29, 0.717) is 0 Å².